The molecule has 0 unspecified atom stereocenters. The summed E-state index contributed by atoms with van der Waals surface area (Å²) in [6.45, 7) is 1.61. The number of carbonyl (C=O) groups excluding carboxylic acids is 2. The van der Waals surface area contributed by atoms with Crippen molar-refractivity contribution in [3.05, 3.63) is 59.2 Å². The van der Waals surface area contributed by atoms with Crippen molar-refractivity contribution in [2.24, 2.45) is 5.92 Å². The second-order valence-electron chi connectivity index (χ2n) is 8.84. The molecule has 0 bridgehead atoms. The molecule has 7 nitrogen and oxygen atoms in total. The van der Waals surface area contributed by atoms with Crippen molar-refractivity contribution in [2.45, 2.75) is 44.8 Å². The van der Waals surface area contributed by atoms with Crippen molar-refractivity contribution in [3.8, 4) is 17.6 Å². The number of methoxy groups -OCH3 is 1. The van der Waals surface area contributed by atoms with Gasteiger partial charge in [-0.25, -0.2) is 0 Å². The molecule has 1 aliphatic carbocycles. The van der Waals surface area contributed by atoms with Gasteiger partial charge in [0.15, 0.2) is 18.1 Å². The first-order valence-electron chi connectivity index (χ1n) is 11.8. The van der Waals surface area contributed by atoms with E-state index in [4.69, 9.17) is 9.47 Å². The summed E-state index contributed by atoms with van der Waals surface area (Å²) in [7, 11) is 1.39. The number of nitriles is 1. The van der Waals surface area contributed by atoms with Crippen LogP contribution in [-0.4, -0.2) is 31.6 Å². The number of hydrogen-bond acceptors (Lipinski definition) is 5. The van der Waals surface area contributed by atoms with Gasteiger partial charge < -0.3 is 20.1 Å². The topological polar surface area (TPSA) is 100 Å². The molecule has 1 aliphatic rings. The fourth-order valence-electron chi connectivity index (χ4n) is 4.10. The summed E-state index contributed by atoms with van der Waals surface area (Å²) in [5, 5.41) is 14.8. The van der Waals surface area contributed by atoms with Gasteiger partial charge in [0.25, 0.3) is 11.8 Å². The van der Waals surface area contributed by atoms with E-state index in [1.807, 2.05) is 6.07 Å². The summed E-state index contributed by atoms with van der Waals surface area (Å²) < 4.78 is 49.4. The largest absolute Gasteiger partial charge is 0.493 e. The molecule has 3 rings (SSSR count). The van der Waals surface area contributed by atoms with E-state index in [0.717, 1.165) is 37.8 Å². The van der Waals surface area contributed by atoms with E-state index in [1.165, 1.54) is 31.4 Å². The molecule has 1 saturated carbocycles. The van der Waals surface area contributed by atoms with Gasteiger partial charge in [0.05, 0.1) is 12.7 Å². The van der Waals surface area contributed by atoms with Crippen molar-refractivity contribution < 1.29 is 32.2 Å². The number of anilines is 1. The van der Waals surface area contributed by atoms with E-state index >= 15 is 0 Å². The molecule has 0 aromatic heterocycles. The minimum atomic E-state index is -4.53. The summed E-state index contributed by atoms with van der Waals surface area (Å²) in [5.74, 6) is -0.297. The van der Waals surface area contributed by atoms with E-state index in [9.17, 15) is 28.0 Å². The maximum Gasteiger partial charge on any atom is 0.416 e. The third-order valence-electron chi connectivity index (χ3n) is 6.12. The molecule has 0 radical (unpaired) electrons. The highest BCUT2D eigenvalue weighted by Crippen LogP contribution is 2.31. The van der Waals surface area contributed by atoms with E-state index < -0.39 is 30.2 Å². The van der Waals surface area contributed by atoms with Crippen molar-refractivity contribution in [3.63, 3.8) is 0 Å². The Balaban J connectivity index is 1.64. The monoisotopic (exact) mass is 515 g/mol. The molecule has 0 heterocycles. The van der Waals surface area contributed by atoms with Crippen LogP contribution in [0.25, 0.3) is 6.08 Å². The summed E-state index contributed by atoms with van der Waals surface area (Å²) in [4.78, 5) is 24.9. The van der Waals surface area contributed by atoms with Gasteiger partial charge in [-0.15, -0.1) is 0 Å². The Hall–Kier alpha value is -4.00. The molecule has 196 valence electrons. The Bertz CT molecular complexity index is 1200. The van der Waals surface area contributed by atoms with E-state index in [-0.39, 0.29) is 28.8 Å². The predicted octanol–water partition coefficient (Wildman–Crippen LogP) is 5.33. The Morgan fingerprint density at radius 3 is 2.57 bits per heavy atom. The zero-order valence-corrected chi connectivity index (χ0v) is 20.5. The second-order valence-corrected chi connectivity index (χ2v) is 8.84. The molecular weight excluding hydrogens is 487 g/mol. The molecule has 2 amide bonds. The van der Waals surface area contributed by atoms with Gasteiger partial charge in [-0.1, -0.05) is 31.9 Å². The molecule has 0 aliphatic heterocycles. The Morgan fingerprint density at radius 2 is 1.89 bits per heavy atom. The first-order chi connectivity index (χ1) is 17.6. The highest BCUT2D eigenvalue weighted by Gasteiger charge is 2.30. The molecule has 2 aromatic carbocycles. The van der Waals surface area contributed by atoms with Crippen LogP contribution in [0.3, 0.4) is 0 Å². The lowest BCUT2D eigenvalue weighted by atomic mass is 9.86. The van der Waals surface area contributed by atoms with Crippen molar-refractivity contribution in [1.29, 1.82) is 5.26 Å². The Labute approximate surface area is 213 Å². The fraction of sp³-hybridized carbons (Fsp3) is 0.370. The number of rotatable bonds is 8. The second kappa shape index (κ2) is 12.3. The number of ether oxygens (including phenoxy) is 2. The molecule has 1 fully saturated rings. The SMILES string of the molecule is COc1cc(/C=C(\C#N)C(=O)N[C@H]2CCCC[C@H]2C)ccc1OCC(=O)Nc1cccc(C(F)(F)F)c1. The maximum atomic E-state index is 12.9. The van der Waals surface area contributed by atoms with Crippen molar-refractivity contribution >= 4 is 23.6 Å². The summed E-state index contributed by atoms with van der Waals surface area (Å²) in [6.07, 6.45) is 1.00. The van der Waals surface area contributed by atoms with Crippen LogP contribution < -0.4 is 20.1 Å². The van der Waals surface area contributed by atoms with Crippen LogP contribution >= 0.6 is 0 Å². The number of nitrogens with one attached hydrogen (secondary N) is 2. The predicted molar refractivity (Wildman–Crippen MR) is 132 cm³/mol. The lowest BCUT2D eigenvalue weighted by Crippen LogP contribution is -2.41. The first kappa shape index (κ1) is 27.6. The first-order valence-corrected chi connectivity index (χ1v) is 11.8. The maximum absolute atomic E-state index is 12.9. The Kier molecular flexibility index (Phi) is 9.17. The highest BCUT2D eigenvalue weighted by atomic mass is 19.4. The zero-order valence-electron chi connectivity index (χ0n) is 20.5. The van der Waals surface area contributed by atoms with Crippen LogP contribution in [0.4, 0.5) is 18.9 Å². The number of halogens is 3. The lowest BCUT2D eigenvalue weighted by molar-refractivity contribution is -0.137. The third-order valence-corrected chi connectivity index (χ3v) is 6.12. The number of benzene rings is 2. The van der Waals surface area contributed by atoms with Crippen LogP contribution in [-0.2, 0) is 15.8 Å². The van der Waals surface area contributed by atoms with Crippen molar-refractivity contribution in [2.75, 3.05) is 19.0 Å². The van der Waals surface area contributed by atoms with Gasteiger partial charge in [0, 0.05) is 11.7 Å². The normalized spacial score (nSPS) is 17.9. The number of carbonyl (C=O) groups is 2. The van der Waals surface area contributed by atoms with Gasteiger partial charge in [0.1, 0.15) is 11.6 Å². The molecule has 2 N–H and O–H groups in total. The molecule has 37 heavy (non-hydrogen) atoms. The van der Waals surface area contributed by atoms with Crippen LogP contribution in [0.15, 0.2) is 48.0 Å². The number of amides is 2. The standard InChI is InChI=1S/C27H28F3N3O4/c1-17-6-3-4-9-22(17)33-26(35)19(15-31)12-18-10-11-23(24(13-18)36-2)37-16-25(34)32-21-8-5-7-20(14-21)27(28,29)30/h5,7-8,10-14,17,22H,3-4,6,9,16H2,1-2H3,(H,32,34)(H,33,35)/b19-12+/t17-,22+/m1/s1. The van der Waals surface area contributed by atoms with Crippen molar-refractivity contribution in [1.82, 2.24) is 5.32 Å². The Morgan fingerprint density at radius 1 is 1.14 bits per heavy atom. The highest BCUT2D eigenvalue weighted by molar-refractivity contribution is 6.02. The van der Waals surface area contributed by atoms with E-state index in [0.29, 0.717) is 11.5 Å². The van der Waals surface area contributed by atoms with Gasteiger partial charge in [-0.3, -0.25) is 9.59 Å². The minimum Gasteiger partial charge on any atom is -0.493 e. The number of hydrogen-bond donors (Lipinski definition) is 2. The van der Waals surface area contributed by atoms with Crippen LogP contribution in [0, 0.1) is 17.2 Å². The van der Waals surface area contributed by atoms with Gasteiger partial charge in [-0.05, 0) is 60.7 Å². The fourth-order valence-corrected chi connectivity index (χ4v) is 4.10. The molecule has 2 atom stereocenters. The minimum absolute atomic E-state index is 0.0131. The number of alkyl halides is 3. The molecule has 0 spiro atoms. The smallest absolute Gasteiger partial charge is 0.416 e. The molecular formula is C27H28F3N3O4. The van der Waals surface area contributed by atoms with Gasteiger partial charge in [0.2, 0.25) is 0 Å². The number of nitrogens with zero attached hydrogens (tertiary/aromatic N) is 1. The summed E-state index contributed by atoms with van der Waals surface area (Å²) in [5.41, 5.74) is -0.425. The van der Waals surface area contributed by atoms with Crippen LogP contribution in [0.1, 0.15) is 43.7 Å². The lowest BCUT2D eigenvalue weighted by Gasteiger charge is -2.29. The van der Waals surface area contributed by atoms with E-state index in [1.54, 1.807) is 12.1 Å². The molecule has 2 aromatic rings. The van der Waals surface area contributed by atoms with Gasteiger partial charge >= 0.3 is 6.18 Å². The van der Waals surface area contributed by atoms with Crippen LogP contribution in [0.2, 0.25) is 0 Å². The molecule has 10 heteroatoms. The zero-order chi connectivity index (χ0) is 27.0. The third kappa shape index (κ3) is 7.74. The quantitative estimate of drug-likeness (QED) is 0.366. The van der Waals surface area contributed by atoms with Crippen LogP contribution in [0.5, 0.6) is 11.5 Å². The summed E-state index contributed by atoms with van der Waals surface area (Å²) in [6, 6.07) is 10.9. The summed E-state index contributed by atoms with van der Waals surface area (Å²) >= 11 is 0. The molecule has 0 saturated heterocycles. The average Bonchev–Trinajstić information content (AvgIpc) is 2.87. The van der Waals surface area contributed by atoms with E-state index in [2.05, 4.69) is 17.6 Å². The van der Waals surface area contributed by atoms with Gasteiger partial charge in [-0.2, -0.15) is 18.4 Å². The average molecular weight is 516 g/mol.